The molecule has 3 heterocycles. The number of rotatable bonds is 3. The van der Waals surface area contributed by atoms with E-state index in [1.165, 1.54) is 0 Å². The topological polar surface area (TPSA) is 60.6 Å². The minimum absolute atomic E-state index is 0.0837. The molecule has 2 unspecified atom stereocenters. The van der Waals surface area contributed by atoms with E-state index < -0.39 is 0 Å². The second-order valence-corrected chi connectivity index (χ2v) is 5.16. The van der Waals surface area contributed by atoms with Gasteiger partial charge < -0.3 is 24.8 Å². The monoisotopic (exact) mass is 264 g/mol. The first-order chi connectivity index (χ1) is 9.25. The normalized spacial score (nSPS) is 28.2. The number of morpholine rings is 1. The van der Waals surface area contributed by atoms with Crippen molar-refractivity contribution in [1.82, 2.24) is 20.1 Å². The second kappa shape index (κ2) is 5.22. The van der Waals surface area contributed by atoms with E-state index in [0.717, 1.165) is 31.8 Å². The molecule has 104 valence electrons. The summed E-state index contributed by atoms with van der Waals surface area (Å²) < 4.78 is 5.67. The Hall–Kier alpha value is -1.53. The van der Waals surface area contributed by atoms with Crippen LogP contribution in [0.2, 0.25) is 0 Å². The van der Waals surface area contributed by atoms with Crippen LogP contribution in [0.5, 0.6) is 0 Å². The molecule has 2 amide bonds. The van der Waals surface area contributed by atoms with Gasteiger partial charge >= 0.3 is 6.03 Å². The highest BCUT2D eigenvalue weighted by Crippen LogP contribution is 2.27. The van der Waals surface area contributed by atoms with Crippen molar-refractivity contribution < 1.29 is 9.53 Å². The number of carbonyl (C=O) groups is 1. The van der Waals surface area contributed by atoms with Crippen LogP contribution < -0.4 is 5.32 Å². The summed E-state index contributed by atoms with van der Waals surface area (Å²) in [5.41, 5.74) is 1.15. The molecule has 6 nitrogen and oxygen atoms in total. The molecule has 3 rings (SSSR count). The van der Waals surface area contributed by atoms with Crippen molar-refractivity contribution in [3.05, 3.63) is 24.0 Å². The first-order valence-electron chi connectivity index (χ1n) is 6.72. The van der Waals surface area contributed by atoms with Crippen molar-refractivity contribution >= 4 is 6.03 Å². The van der Waals surface area contributed by atoms with Crippen molar-refractivity contribution in [1.29, 1.82) is 0 Å². The Morgan fingerprint density at radius 3 is 3.11 bits per heavy atom. The maximum absolute atomic E-state index is 12.3. The zero-order valence-electron chi connectivity index (χ0n) is 11.1. The fraction of sp³-hybridized carbons (Fsp3) is 0.615. The number of carbonyl (C=O) groups excluding carboxylic acids is 1. The first-order valence-corrected chi connectivity index (χ1v) is 6.72. The SMILES string of the molecule is CN1C(=O)N(CC2CNCCO2)CC1c1cc[nH]c1. The number of nitrogens with zero attached hydrogens (tertiary/aromatic N) is 2. The number of H-pyrrole nitrogens is 1. The van der Waals surface area contributed by atoms with Gasteiger partial charge in [-0.3, -0.25) is 0 Å². The van der Waals surface area contributed by atoms with Gasteiger partial charge in [-0.2, -0.15) is 0 Å². The van der Waals surface area contributed by atoms with Gasteiger partial charge in [-0.25, -0.2) is 4.79 Å². The molecular formula is C13H20N4O2. The lowest BCUT2D eigenvalue weighted by atomic mass is 10.1. The Bertz CT molecular complexity index is 428. The molecule has 2 aliphatic rings. The molecule has 0 saturated carbocycles. The maximum Gasteiger partial charge on any atom is 0.320 e. The summed E-state index contributed by atoms with van der Waals surface area (Å²) in [6.07, 6.45) is 3.96. The van der Waals surface area contributed by atoms with Crippen molar-refractivity contribution in [2.24, 2.45) is 0 Å². The Morgan fingerprint density at radius 1 is 1.53 bits per heavy atom. The molecule has 0 bridgehead atoms. The molecule has 2 saturated heterocycles. The smallest absolute Gasteiger partial charge is 0.320 e. The van der Waals surface area contributed by atoms with Crippen molar-refractivity contribution in [3.8, 4) is 0 Å². The molecule has 0 spiro atoms. The van der Waals surface area contributed by atoms with E-state index in [1.54, 1.807) is 4.90 Å². The Labute approximate surface area is 112 Å². The Morgan fingerprint density at radius 2 is 2.42 bits per heavy atom. The second-order valence-electron chi connectivity index (χ2n) is 5.16. The molecule has 0 radical (unpaired) electrons. The summed E-state index contributed by atoms with van der Waals surface area (Å²) in [5, 5.41) is 3.29. The van der Waals surface area contributed by atoms with Gasteiger partial charge in [0.2, 0.25) is 0 Å². The lowest BCUT2D eigenvalue weighted by molar-refractivity contribution is 0.0143. The molecule has 2 atom stereocenters. The molecule has 0 aromatic carbocycles. The minimum atomic E-state index is 0.0837. The van der Waals surface area contributed by atoms with Crippen LogP contribution in [0, 0.1) is 0 Å². The predicted octanol–water partition coefficient (Wildman–Crippen LogP) is 0.412. The molecule has 0 aliphatic carbocycles. The third-order valence-electron chi connectivity index (χ3n) is 3.87. The highest BCUT2D eigenvalue weighted by Gasteiger charge is 2.36. The van der Waals surface area contributed by atoms with Crippen LogP contribution in [0.4, 0.5) is 4.79 Å². The lowest BCUT2D eigenvalue weighted by Crippen LogP contribution is -2.46. The van der Waals surface area contributed by atoms with E-state index in [1.807, 2.05) is 30.4 Å². The number of hydrogen-bond donors (Lipinski definition) is 2. The Balaban J connectivity index is 1.65. The third kappa shape index (κ3) is 2.46. The average molecular weight is 264 g/mol. The van der Waals surface area contributed by atoms with E-state index in [-0.39, 0.29) is 18.2 Å². The molecule has 2 N–H and O–H groups in total. The van der Waals surface area contributed by atoms with Gasteiger partial charge in [-0.1, -0.05) is 0 Å². The van der Waals surface area contributed by atoms with Crippen LogP contribution in [-0.2, 0) is 4.74 Å². The quantitative estimate of drug-likeness (QED) is 0.831. The molecular weight excluding hydrogens is 244 g/mol. The molecule has 19 heavy (non-hydrogen) atoms. The number of hydrogen-bond acceptors (Lipinski definition) is 3. The van der Waals surface area contributed by atoms with E-state index in [2.05, 4.69) is 10.3 Å². The number of nitrogens with one attached hydrogen (secondary N) is 2. The van der Waals surface area contributed by atoms with Crippen LogP contribution in [0.25, 0.3) is 0 Å². The number of likely N-dealkylation sites (N-methyl/N-ethyl adjacent to an activating group) is 1. The highest BCUT2D eigenvalue weighted by molar-refractivity contribution is 5.77. The zero-order chi connectivity index (χ0) is 13.2. The molecule has 6 heteroatoms. The third-order valence-corrected chi connectivity index (χ3v) is 3.87. The number of amides is 2. The fourth-order valence-corrected chi connectivity index (χ4v) is 2.77. The number of aromatic nitrogens is 1. The van der Waals surface area contributed by atoms with Crippen LogP contribution in [-0.4, -0.2) is 66.8 Å². The van der Waals surface area contributed by atoms with E-state index >= 15 is 0 Å². The summed E-state index contributed by atoms with van der Waals surface area (Å²) in [6, 6.07) is 2.24. The molecule has 1 aromatic rings. The van der Waals surface area contributed by atoms with Gasteiger partial charge in [0, 0.05) is 45.6 Å². The van der Waals surface area contributed by atoms with Gasteiger partial charge in [-0.15, -0.1) is 0 Å². The highest BCUT2D eigenvalue weighted by atomic mass is 16.5. The summed E-state index contributed by atoms with van der Waals surface area (Å²) in [5.74, 6) is 0. The molecule has 2 fully saturated rings. The van der Waals surface area contributed by atoms with Crippen molar-refractivity contribution in [3.63, 3.8) is 0 Å². The van der Waals surface area contributed by atoms with E-state index in [4.69, 9.17) is 4.74 Å². The number of aromatic amines is 1. The predicted molar refractivity (Wildman–Crippen MR) is 70.9 cm³/mol. The van der Waals surface area contributed by atoms with Crippen LogP contribution in [0.1, 0.15) is 11.6 Å². The van der Waals surface area contributed by atoms with Gasteiger partial charge in [0.25, 0.3) is 0 Å². The lowest BCUT2D eigenvalue weighted by Gasteiger charge is -2.27. The minimum Gasteiger partial charge on any atom is -0.374 e. The zero-order valence-corrected chi connectivity index (χ0v) is 11.1. The number of urea groups is 1. The summed E-state index contributed by atoms with van der Waals surface area (Å²) in [6.45, 7) is 3.84. The van der Waals surface area contributed by atoms with Crippen LogP contribution in [0.3, 0.4) is 0 Å². The summed E-state index contributed by atoms with van der Waals surface area (Å²) in [4.78, 5) is 19.0. The van der Waals surface area contributed by atoms with Crippen LogP contribution >= 0.6 is 0 Å². The Kier molecular flexibility index (Phi) is 3.44. The van der Waals surface area contributed by atoms with Gasteiger partial charge in [0.15, 0.2) is 0 Å². The molecule has 1 aromatic heterocycles. The first kappa shape index (κ1) is 12.5. The average Bonchev–Trinajstić information content (AvgIpc) is 3.04. The van der Waals surface area contributed by atoms with E-state index in [0.29, 0.717) is 6.54 Å². The van der Waals surface area contributed by atoms with Crippen LogP contribution in [0.15, 0.2) is 18.5 Å². The fourth-order valence-electron chi connectivity index (χ4n) is 2.77. The van der Waals surface area contributed by atoms with Gasteiger partial charge in [0.1, 0.15) is 0 Å². The number of ether oxygens (including phenoxy) is 1. The summed E-state index contributed by atoms with van der Waals surface area (Å²) in [7, 11) is 1.86. The maximum atomic E-state index is 12.3. The largest absolute Gasteiger partial charge is 0.374 e. The van der Waals surface area contributed by atoms with Crippen molar-refractivity contribution in [2.75, 3.05) is 39.8 Å². The van der Waals surface area contributed by atoms with Gasteiger partial charge in [0.05, 0.1) is 18.8 Å². The van der Waals surface area contributed by atoms with Gasteiger partial charge in [-0.05, 0) is 11.6 Å². The standard InChI is InChI=1S/C13H20N4O2/c1-16-12(10-2-3-14-6-10)9-17(13(16)18)8-11-7-15-4-5-19-11/h2-3,6,11-12,14-15H,4-5,7-9H2,1H3. The molecule has 2 aliphatic heterocycles. The summed E-state index contributed by atoms with van der Waals surface area (Å²) >= 11 is 0. The van der Waals surface area contributed by atoms with E-state index in [9.17, 15) is 4.79 Å². The van der Waals surface area contributed by atoms with Crippen molar-refractivity contribution in [2.45, 2.75) is 12.1 Å².